The van der Waals surface area contributed by atoms with Crippen molar-refractivity contribution in [1.82, 2.24) is 5.32 Å². The van der Waals surface area contributed by atoms with Gasteiger partial charge < -0.3 is 14.8 Å². The summed E-state index contributed by atoms with van der Waals surface area (Å²) in [5.74, 6) is 0. The molecule has 0 unspecified atom stereocenters. The van der Waals surface area contributed by atoms with Crippen LogP contribution >= 0.6 is 0 Å². The van der Waals surface area contributed by atoms with Crippen LogP contribution in [0.4, 0.5) is 0 Å². The molecule has 1 saturated heterocycles. The van der Waals surface area contributed by atoms with Gasteiger partial charge in [-0.15, -0.1) is 0 Å². The maximum atomic E-state index is 6.06. The third-order valence-electron chi connectivity index (χ3n) is 10.8. The van der Waals surface area contributed by atoms with E-state index in [9.17, 15) is 0 Å². The standard InChI is InChI=1S/C43H87NO2/c1-3-5-7-9-11-13-15-17-19-21-23-25-27-29-31-33-37-45-39-35-43(41-44-42-43)36-40-46-38-34-32-30-28-26-24-22-20-18-16-14-12-10-8-6-4-2/h44H,3-42H2,1-2H3. The van der Waals surface area contributed by atoms with Crippen LogP contribution in [0.3, 0.4) is 0 Å². The van der Waals surface area contributed by atoms with Crippen LogP contribution < -0.4 is 5.32 Å². The monoisotopic (exact) mass is 650 g/mol. The molecule has 0 aromatic rings. The summed E-state index contributed by atoms with van der Waals surface area (Å²) in [5.41, 5.74) is 0.434. The lowest BCUT2D eigenvalue weighted by Gasteiger charge is -2.43. The summed E-state index contributed by atoms with van der Waals surface area (Å²) in [6.45, 7) is 10.7. The van der Waals surface area contributed by atoms with E-state index < -0.39 is 0 Å². The number of nitrogens with one attached hydrogen (secondary N) is 1. The summed E-state index contributed by atoms with van der Waals surface area (Å²) < 4.78 is 12.1. The predicted octanol–water partition coefficient (Wildman–Crippen LogP) is 13.9. The Morgan fingerprint density at radius 3 is 0.783 bits per heavy atom. The molecule has 0 saturated carbocycles. The Labute approximate surface area is 291 Å². The van der Waals surface area contributed by atoms with Crippen LogP contribution in [0.1, 0.15) is 232 Å². The Hall–Kier alpha value is -0.120. The zero-order valence-electron chi connectivity index (χ0n) is 32.1. The highest BCUT2D eigenvalue weighted by Crippen LogP contribution is 2.31. The minimum atomic E-state index is 0.434. The normalized spacial score (nSPS) is 14.2. The van der Waals surface area contributed by atoms with Gasteiger partial charge in [0.25, 0.3) is 0 Å². The highest BCUT2D eigenvalue weighted by molar-refractivity contribution is 4.91. The van der Waals surface area contributed by atoms with Gasteiger partial charge in [-0.05, 0) is 31.1 Å². The molecule has 0 aromatic heterocycles. The second-order valence-electron chi connectivity index (χ2n) is 15.4. The molecule has 276 valence electrons. The van der Waals surface area contributed by atoms with E-state index in [-0.39, 0.29) is 0 Å². The number of unbranched alkanes of at least 4 members (excludes halogenated alkanes) is 30. The quantitative estimate of drug-likeness (QED) is 0.0670. The number of rotatable bonds is 40. The van der Waals surface area contributed by atoms with Crippen molar-refractivity contribution in [1.29, 1.82) is 0 Å². The molecule has 0 aliphatic carbocycles. The molecule has 1 aliphatic rings. The van der Waals surface area contributed by atoms with E-state index >= 15 is 0 Å². The molecular weight excluding hydrogens is 562 g/mol. The van der Waals surface area contributed by atoms with Crippen molar-refractivity contribution in [3.63, 3.8) is 0 Å². The van der Waals surface area contributed by atoms with Crippen LogP contribution in [0.5, 0.6) is 0 Å². The van der Waals surface area contributed by atoms with E-state index in [2.05, 4.69) is 19.2 Å². The van der Waals surface area contributed by atoms with Crippen LogP contribution in [0.25, 0.3) is 0 Å². The average molecular weight is 650 g/mol. The first-order chi connectivity index (χ1) is 22.8. The van der Waals surface area contributed by atoms with E-state index in [0.717, 1.165) is 39.5 Å². The molecule has 0 radical (unpaired) electrons. The fourth-order valence-electron chi connectivity index (χ4n) is 7.24. The summed E-state index contributed by atoms with van der Waals surface area (Å²) in [4.78, 5) is 0. The van der Waals surface area contributed by atoms with E-state index in [1.54, 1.807) is 0 Å². The summed E-state index contributed by atoms with van der Waals surface area (Å²) >= 11 is 0. The lowest BCUT2D eigenvalue weighted by Crippen LogP contribution is -2.54. The van der Waals surface area contributed by atoms with Gasteiger partial charge in [-0.3, -0.25) is 0 Å². The van der Waals surface area contributed by atoms with Gasteiger partial charge in [-0.2, -0.15) is 0 Å². The molecule has 3 nitrogen and oxygen atoms in total. The van der Waals surface area contributed by atoms with Gasteiger partial charge in [-0.25, -0.2) is 0 Å². The van der Waals surface area contributed by atoms with Gasteiger partial charge >= 0.3 is 0 Å². The smallest absolute Gasteiger partial charge is 0.0472 e. The second kappa shape index (κ2) is 36.2. The highest BCUT2D eigenvalue weighted by Gasteiger charge is 2.35. The summed E-state index contributed by atoms with van der Waals surface area (Å²) in [6, 6.07) is 0. The third-order valence-corrected chi connectivity index (χ3v) is 10.8. The van der Waals surface area contributed by atoms with Crippen molar-refractivity contribution in [3.8, 4) is 0 Å². The number of hydrogen-bond acceptors (Lipinski definition) is 3. The molecule has 0 aromatic carbocycles. The highest BCUT2D eigenvalue weighted by atomic mass is 16.5. The Kier molecular flexibility index (Phi) is 34.5. The number of ether oxygens (including phenoxy) is 2. The Morgan fingerprint density at radius 1 is 0.326 bits per heavy atom. The van der Waals surface area contributed by atoms with Crippen LogP contribution in [0.2, 0.25) is 0 Å². The van der Waals surface area contributed by atoms with Crippen molar-refractivity contribution in [2.45, 2.75) is 232 Å². The molecule has 1 rings (SSSR count). The molecule has 3 heteroatoms. The van der Waals surface area contributed by atoms with Gasteiger partial charge in [0.2, 0.25) is 0 Å². The molecule has 46 heavy (non-hydrogen) atoms. The molecular formula is C43H87NO2. The fourth-order valence-corrected chi connectivity index (χ4v) is 7.24. The lowest BCUT2D eigenvalue weighted by atomic mass is 9.76. The second-order valence-corrected chi connectivity index (χ2v) is 15.4. The molecule has 1 heterocycles. The van der Waals surface area contributed by atoms with Crippen molar-refractivity contribution < 1.29 is 9.47 Å². The Balaban J connectivity index is 1.76. The molecule has 1 aliphatic heterocycles. The molecule has 0 amide bonds. The van der Waals surface area contributed by atoms with Crippen molar-refractivity contribution in [3.05, 3.63) is 0 Å². The molecule has 1 N–H and O–H groups in total. The first-order valence-corrected chi connectivity index (χ1v) is 21.7. The Bertz CT molecular complexity index is 519. The SMILES string of the molecule is CCCCCCCCCCCCCCCCCCOCCC1(CCOCCCCCCCCCCCCCCCCCC)CNC1. The average Bonchev–Trinajstić information content (AvgIpc) is 3.05. The molecule has 0 bridgehead atoms. The van der Waals surface area contributed by atoms with E-state index in [0.29, 0.717) is 5.41 Å². The van der Waals surface area contributed by atoms with E-state index in [1.807, 2.05) is 0 Å². The van der Waals surface area contributed by atoms with Crippen molar-refractivity contribution >= 4 is 0 Å². The van der Waals surface area contributed by atoms with Crippen molar-refractivity contribution in [2.24, 2.45) is 5.41 Å². The van der Waals surface area contributed by atoms with E-state index in [1.165, 1.54) is 218 Å². The predicted molar refractivity (Wildman–Crippen MR) is 205 cm³/mol. The molecule has 0 atom stereocenters. The van der Waals surface area contributed by atoms with Crippen LogP contribution in [-0.2, 0) is 9.47 Å². The third kappa shape index (κ3) is 30.0. The summed E-state index contributed by atoms with van der Waals surface area (Å²) in [6.07, 6.45) is 48.0. The molecule has 0 spiro atoms. The summed E-state index contributed by atoms with van der Waals surface area (Å²) in [7, 11) is 0. The summed E-state index contributed by atoms with van der Waals surface area (Å²) in [5, 5.41) is 3.51. The van der Waals surface area contributed by atoms with Crippen LogP contribution in [0.15, 0.2) is 0 Å². The van der Waals surface area contributed by atoms with Crippen LogP contribution in [-0.4, -0.2) is 39.5 Å². The van der Waals surface area contributed by atoms with Gasteiger partial charge in [0.15, 0.2) is 0 Å². The fraction of sp³-hybridized carbons (Fsp3) is 1.00. The zero-order valence-corrected chi connectivity index (χ0v) is 32.1. The first kappa shape index (κ1) is 43.9. The van der Waals surface area contributed by atoms with Gasteiger partial charge in [-0.1, -0.05) is 206 Å². The van der Waals surface area contributed by atoms with Crippen LogP contribution in [0, 0.1) is 5.41 Å². The lowest BCUT2D eigenvalue weighted by molar-refractivity contribution is 0.0283. The van der Waals surface area contributed by atoms with Gasteiger partial charge in [0.1, 0.15) is 0 Å². The number of hydrogen-bond donors (Lipinski definition) is 1. The van der Waals surface area contributed by atoms with Gasteiger partial charge in [0, 0.05) is 39.5 Å². The minimum Gasteiger partial charge on any atom is -0.381 e. The van der Waals surface area contributed by atoms with E-state index in [4.69, 9.17) is 9.47 Å². The molecule has 1 fully saturated rings. The maximum Gasteiger partial charge on any atom is 0.0472 e. The minimum absolute atomic E-state index is 0.434. The van der Waals surface area contributed by atoms with Crippen molar-refractivity contribution in [2.75, 3.05) is 39.5 Å². The zero-order chi connectivity index (χ0) is 32.9. The topological polar surface area (TPSA) is 30.5 Å². The maximum absolute atomic E-state index is 6.06. The Morgan fingerprint density at radius 2 is 0.565 bits per heavy atom. The van der Waals surface area contributed by atoms with Gasteiger partial charge in [0.05, 0.1) is 0 Å². The largest absolute Gasteiger partial charge is 0.381 e. The first-order valence-electron chi connectivity index (χ1n) is 21.7.